The Morgan fingerprint density at radius 1 is 1.28 bits per heavy atom. The minimum atomic E-state index is -4.63. The van der Waals surface area contributed by atoms with Crippen LogP contribution in [0.1, 0.15) is 32.1 Å². The van der Waals surface area contributed by atoms with E-state index in [4.69, 9.17) is 4.74 Å². The van der Waals surface area contributed by atoms with E-state index in [0.29, 0.717) is 0 Å². The molecule has 0 unspecified atom stereocenters. The third-order valence-electron chi connectivity index (χ3n) is 2.87. The molecular weight excluding hydrogens is 254 g/mol. The fourth-order valence-corrected chi connectivity index (χ4v) is 1.84. The molecule has 0 heterocycles. The molecule has 0 aliphatic heterocycles. The smallest absolute Gasteiger partial charge is 0.376 e. The fourth-order valence-electron chi connectivity index (χ4n) is 1.84. The number of nitrogens with one attached hydrogen (secondary N) is 1. The lowest BCUT2D eigenvalue weighted by Crippen LogP contribution is -2.46. The molecule has 0 aromatic heterocycles. The second-order valence-electron chi connectivity index (χ2n) is 4.31. The van der Waals surface area contributed by atoms with Crippen LogP contribution < -0.4 is 5.32 Å². The van der Waals surface area contributed by atoms with Crippen LogP contribution in [0.3, 0.4) is 0 Å². The second kappa shape index (κ2) is 6.92. The Morgan fingerprint density at radius 2 is 1.89 bits per heavy atom. The topological polar surface area (TPSA) is 38.3 Å². The van der Waals surface area contributed by atoms with Gasteiger partial charge in [-0.15, -0.1) is 0 Å². The molecule has 0 saturated heterocycles. The summed E-state index contributed by atoms with van der Waals surface area (Å²) in [6.07, 6.45) is 1.24. The van der Waals surface area contributed by atoms with Gasteiger partial charge in [0.2, 0.25) is 0 Å². The molecule has 1 amide bonds. The zero-order valence-electron chi connectivity index (χ0n) is 9.93. The van der Waals surface area contributed by atoms with E-state index >= 15 is 0 Å². The average molecular weight is 271 g/mol. The molecule has 7 heteroatoms. The van der Waals surface area contributed by atoms with Crippen LogP contribution in [0.5, 0.6) is 0 Å². The summed E-state index contributed by atoms with van der Waals surface area (Å²) in [5.74, 6) is -6.59. The minimum Gasteiger partial charge on any atom is -0.376 e. The van der Waals surface area contributed by atoms with Gasteiger partial charge in [-0.05, 0) is 12.8 Å². The van der Waals surface area contributed by atoms with Crippen molar-refractivity contribution in [2.24, 2.45) is 0 Å². The number of hydrogen-bond donors (Lipinski definition) is 1. The molecule has 0 radical (unpaired) electrons. The first kappa shape index (κ1) is 15.2. The van der Waals surface area contributed by atoms with Crippen molar-refractivity contribution in [2.45, 2.75) is 50.6 Å². The molecule has 1 aliphatic rings. The molecule has 0 bridgehead atoms. The Balaban J connectivity index is 2.15. The number of carbonyl (C=O) groups is 1. The highest BCUT2D eigenvalue weighted by atomic mass is 19.3. The Morgan fingerprint density at radius 3 is 2.44 bits per heavy atom. The molecule has 18 heavy (non-hydrogen) atoms. The first-order valence-electron chi connectivity index (χ1n) is 6.00. The quantitative estimate of drug-likeness (QED) is 0.595. The van der Waals surface area contributed by atoms with Crippen LogP contribution in [-0.4, -0.2) is 37.5 Å². The van der Waals surface area contributed by atoms with Gasteiger partial charge in [0.25, 0.3) is 5.91 Å². The number of ether oxygens (including phenoxy) is 1. The third-order valence-corrected chi connectivity index (χ3v) is 2.87. The predicted molar refractivity (Wildman–Crippen MR) is 56.8 cm³/mol. The van der Waals surface area contributed by atoms with Crippen molar-refractivity contribution >= 4 is 5.91 Å². The fraction of sp³-hybridized carbons (Fsp3) is 0.909. The van der Waals surface area contributed by atoms with E-state index in [2.05, 4.69) is 0 Å². The summed E-state index contributed by atoms with van der Waals surface area (Å²) in [6, 6.07) is 0. The van der Waals surface area contributed by atoms with Crippen molar-refractivity contribution < 1.29 is 27.1 Å². The standard InChI is InChI=1S/C11H17F4NO2/c12-9(13)11(14,15)10(17)16-6-7-18-8-4-2-1-3-5-8/h8-9H,1-7H2,(H,16,17). The van der Waals surface area contributed by atoms with Gasteiger partial charge in [0.05, 0.1) is 12.7 Å². The summed E-state index contributed by atoms with van der Waals surface area (Å²) in [4.78, 5) is 10.8. The van der Waals surface area contributed by atoms with Crippen LogP contribution in [0.25, 0.3) is 0 Å². The van der Waals surface area contributed by atoms with Gasteiger partial charge in [-0.2, -0.15) is 8.78 Å². The molecule has 1 fully saturated rings. The van der Waals surface area contributed by atoms with Crippen LogP contribution in [0, 0.1) is 0 Å². The lowest BCUT2D eigenvalue weighted by molar-refractivity contribution is -0.169. The number of hydrogen-bond acceptors (Lipinski definition) is 2. The average Bonchev–Trinajstić information content (AvgIpc) is 2.35. The Kier molecular flexibility index (Phi) is 5.84. The zero-order valence-corrected chi connectivity index (χ0v) is 9.93. The molecule has 0 spiro atoms. The van der Waals surface area contributed by atoms with Crippen LogP contribution in [0.15, 0.2) is 0 Å². The molecule has 0 aromatic rings. The van der Waals surface area contributed by atoms with Gasteiger partial charge in [0.15, 0.2) is 0 Å². The molecule has 1 saturated carbocycles. The maximum absolute atomic E-state index is 12.5. The summed E-state index contributed by atoms with van der Waals surface area (Å²) in [6.45, 7) is -0.118. The van der Waals surface area contributed by atoms with E-state index in [0.717, 1.165) is 32.1 Å². The third kappa shape index (κ3) is 4.44. The number of halogens is 4. The zero-order chi connectivity index (χ0) is 13.6. The normalized spacial score (nSPS) is 18.1. The summed E-state index contributed by atoms with van der Waals surface area (Å²) >= 11 is 0. The van der Waals surface area contributed by atoms with E-state index in [1.165, 1.54) is 0 Å². The molecule has 106 valence electrons. The van der Waals surface area contributed by atoms with Crippen LogP contribution in [-0.2, 0) is 9.53 Å². The van der Waals surface area contributed by atoms with Gasteiger partial charge < -0.3 is 10.1 Å². The molecule has 0 aromatic carbocycles. The molecule has 1 N–H and O–H groups in total. The monoisotopic (exact) mass is 271 g/mol. The largest absolute Gasteiger partial charge is 0.383 e. The summed E-state index contributed by atoms with van der Waals surface area (Å²) in [5, 5.41) is 1.75. The Labute approximate surface area is 103 Å². The SMILES string of the molecule is O=C(NCCOC1CCCCC1)C(F)(F)C(F)F. The number of carbonyl (C=O) groups excluding carboxylic acids is 1. The number of rotatable bonds is 6. The van der Waals surface area contributed by atoms with Crippen LogP contribution in [0.4, 0.5) is 17.6 Å². The highest BCUT2D eigenvalue weighted by Gasteiger charge is 2.48. The van der Waals surface area contributed by atoms with Crippen LogP contribution in [0.2, 0.25) is 0 Å². The summed E-state index contributed by atoms with van der Waals surface area (Å²) in [5.41, 5.74) is 0. The van der Waals surface area contributed by atoms with Gasteiger partial charge >= 0.3 is 12.3 Å². The summed E-state index contributed by atoms with van der Waals surface area (Å²) in [7, 11) is 0. The van der Waals surface area contributed by atoms with Crippen molar-refractivity contribution in [3.63, 3.8) is 0 Å². The van der Waals surface area contributed by atoms with Crippen molar-refractivity contribution in [3.05, 3.63) is 0 Å². The van der Waals surface area contributed by atoms with E-state index in [9.17, 15) is 22.4 Å². The first-order valence-corrected chi connectivity index (χ1v) is 6.00. The second-order valence-corrected chi connectivity index (χ2v) is 4.31. The maximum atomic E-state index is 12.5. The lowest BCUT2D eigenvalue weighted by Gasteiger charge is -2.22. The first-order chi connectivity index (χ1) is 8.44. The van der Waals surface area contributed by atoms with Crippen molar-refractivity contribution in [1.29, 1.82) is 0 Å². The molecule has 1 rings (SSSR count). The van der Waals surface area contributed by atoms with Crippen molar-refractivity contribution in [1.82, 2.24) is 5.32 Å². The Bertz CT molecular complexity index is 268. The van der Waals surface area contributed by atoms with Gasteiger partial charge in [-0.1, -0.05) is 19.3 Å². The van der Waals surface area contributed by atoms with Gasteiger partial charge in [-0.3, -0.25) is 4.79 Å². The number of amides is 1. The highest BCUT2D eigenvalue weighted by molar-refractivity contribution is 5.83. The van der Waals surface area contributed by atoms with E-state index in [-0.39, 0.29) is 19.3 Å². The van der Waals surface area contributed by atoms with E-state index in [1.807, 2.05) is 0 Å². The van der Waals surface area contributed by atoms with Gasteiger partial charge in [0, 0.05) is 6.54 Å². The predicted octanol–water partition coefficient (Wildman–Crippen LogP) is 2.35. The van der Waals surface area contributed by atoms with Gasteiger partial charge in [-0.25, -0.2) is 8.78 Å². The molecular formula is C11H17F4NO2. The van der Waals surface area contributed by atoms with Crippen molar-refractivity contribution in [3.8, 4) is 0 Å². The van der Waals surface area contributed by atoms with Gasteiger partial charge in [0.1, 0.15) is 0 Å². The summed E-state index contributed by atoms with van der Waals surface area (Å²) < 4.78 is 54.0. The molecule has 0 atom stereocenters. The molecule has 3 nitrogen and oxygen atoms in total. The number of alkyl halides is 4. The van der Waals surface area contributed by atoms with E-state index < -0.39 is 18.3 Å². The van der Waals surface area contributed by atoms with E-state index in [1.54, 1.807) is 5.32 Å². The maximum Gasteiger partial charge on any atom is 0.383 e. The minimum absolute atomic E-state index is 0.0652. The molecule has 1 aliphatic carbocycles. The van der Waals surface area contributed by atoms with Crippen molar-refractivity contribution in [2.75, 3.05) is 13.2 Å². The Hall–Kier alpha value is -0.850. The lowest BCUT2D eigenvalue weighted by atomic mass is 9.98. The highest BCUT2D eigenvalue weighted by Crippen LogP contribution is 2.22. The van der Waals surface area contributed by atoms with Crippen LogP contribution >= 0.6 is 0 Å².